The van der Waals surface area contributed by atoms with Crippen molar-refractivity contribution in [3.63, 3.8) is 0 Å². The number of rotatable bonds is 6. The first-order valence-electron chi connectivity index (χ1n) is 4.94. The highest BCUT2D eigenvalue weighted by molar-refractivity contribution is 7.07. The fraction of sp³-hybridized carbons (Fsp3) is 0.600. The Hall–Kier alpha value is -0.590. The van der Waals surface area contributed by atoms with Gasteiger partial charge in [-0.2, -0.15) is 24.5 Å². The topological polar surface area (TPSA) is 15.3 Å². The lowest BCUT2D eigenvalue weighted by Crippen LogP contribution is -2.35. The third kappa shape index (κ3) is 6.09. The van der Waals surface area contributed by atoms with Crippen LogP contribution in [0, 0.1) is 0 Å². The molecule has 92 valence electrons. The summed E-state index contributed by atoms with van der Waals surface area (Å²) >= 11 is 1.61. The Labute approximate surface area is 97.1 Å². The molecule has 16 heavy (non-hydrogen) atoms. The van der Waals surface area contributed by atoms with E-state index < -0.39 is 12.7 Å². The smallest absolute Gasteiger partial charge is 0.311 e. The summed E-state index contributed by atoms with van der Waals surface area (Å²) in [6.45, 7) is 0.808. The molecular weight excluding hydrogens is 237 g/mol. The summed E-state index contributed by atoms with van der Waals surface area (Å²) in [7, 11) is 1.47. The molecule has 0 atom stereocenters. The molecule has 1 aromatic heterocycles. The lowest BCUT2D eigenvalue weighted by molar-refractivity contribution is -0.142. The monoisotopic (exact) mass is 252 g/mol. The van der Waals surface area contributed by atoms with Crippen LogP contribution in [0.2, 0.25) is 0 Å². The Morgan fingerprint density at radius 3 is 2.75 bits per heavy atom. The molecule has 0 aliphatic heterocycles. The normalized spacial score (nSPS) is 12.3. The standard InChI is InChI=1S/C10H15F3N2S/c1-15(8-10(11,12)13)4-3-14-6-9-2-5-16-7-9/h2,5,7,14H,3-4,6,8H2,1H3. The number of alkyl halides is 3. The second-order valence-corrected chi connectivity index (χ2v) is 4.44. The Morgan fingerprint density at radius 1 is 1.44 bits per heavy atom. The number of likely N-dealkylation sites (N-methyl/N-ethyl adjacent to an activating group) is 1. The molecule has 1 aromatic rings. The molecule has 0 saturated carbocycles. The molecule has 0 amide bonds. The average molecular weight is 252 g/mol. The van der Waals surface area contributed by atoms with E-state index >= 15 is 0 Å². The van der Waals surface area contributed by atoms with Crippen LogP contribution >= 0.6 is 11.3 Å². The van der Waals surface area contributed by atoms with Crippen molar-refractivity contribution in [3.8, 4) is 0 Å². The van der Waals surface area contributed by atoms with Crippen molar-refractivity contribution in [1.29, 1.82) is 0 Å². The minimum Gasteiger partial charge on any atom is -0.311 e. The third-order valence-corrected chi connectivity index (χ3v) is 2.76. The highest BCUT2D eigenvalue weighted by Crippen LogP contribution is 2.15. The van der Waals surface area contributed by atoms with Crippen LogP contribution in [-0.4, -0.2) is 37.8 Å². The summed E-state index contributed by atoms with van der Waals surface area (Å²) in [4.78, 5) is 1.26. The van der Waals surface area contributed by atoms with Crippen molar-refractivity contribution in [2.24, 2.45) is 0 Å². The Bertz CT molecular complexity index is 285. The Balaban J connectivity index is 2.07. The largest absolute Gasteiger partial charge is 0.401 e. The predicted octanol–water partition coefficient (Wildman–Crippen LogP) is 2.33. The van der Waals surface area contributed by atoms with Crippen molar-refractivity contribution in [1.82, 2.24) is 10.2 Å². The van der Waals surface area contributed by atoms with Crippen LogP contribution in [-0.2, 0) is 6.54 Å². The molecule has 6 heteroatoms. The van der Waals surface area contributed by atoms with Gasteiger partial charge in [-0.1, -0.05) is 0 Å². The third-order valence-electron chi connectivity index (χ3n) is 2.03. The van der Waals surface area contributed by atoms with E-state index in [0.717, 1.165) is 0 Å². The van der Waals surface area contributed by atoms with Crippen molar-refractivity contribution < 1.29 is 13.2 Å². The second kappa shape index (κ2) is 6.22. The first-order chi connectivity index (χ1) is 7.47. The molecule has 1 heterocycles. The van der Waals surface area contributed by atoms with Gasteiger partial charge >= 0.3 is 6.18 Å². The van der Waals surface area contributed by atoms with Gasteiger partial charge in [0.1, 0.15) is 0 Å². The molecule has 0 spiro atoms. The van der Waals surface area contributed by atoms with Crippen LogP contribution < -0.4 is 5.32 Å². The summed E-state index contributed by atoms with van der Waals surface area (Å²) in [6.07, 6.45) is -4.11. The van der Waals surface area contributed by atoms with Gasteiger partial charge in [0.05, 0.1) is 6.54 Å². The van der Waals surface area contributed by atoms with Crippen LogP contribution in [0.15, 0.2) is 16.8 Å². The SMILES string of the molecule is CN(CCNCc1ccsc1)CC(F)(F)F. The zero-order chi connectivity index (χ0) is 12.0. The van der Waals surface area contributed by atoms with Crippen LogP contribution in [0.3, 0.4) is 0 Å². The molecule has 0 radical (unpaired) electrons. The molecule has 0 saturated heterocycles. The zero-order valence-electron chi connectivity index (χ0n) is 9.05. The first kappa shape index (κ1) is 13.5. The molecule has 0 aromatic carbocycles. The van der Waals surface area contributed by atoms with Gasteiger partial charge in [0.25, 0.3) is 0 Å². The summed E-state index contributed by atoms with van der Waals surface area (Å²) in [5.74, 6) is 0. The number of nitrogens with zero attached hydrogens (tertiary/aromatic N) is 1. The highest BCUT2D eigenvalue weighted by Gasteiger charge is 2.28. The zero-order valence-corrected chi connectivity index (χ0v) is 9.87. The number of nitrogens with one attached hydrogen (secondary N) is 1. The van der Waals surface area contributed by atoms with E-state index in [1.807, 2.05) is 16.8 Å². The molecule has 0 aliphatic carbocycles. The van der Waals surface area contributed by atoms with Crippen molar-refractivity contribution in [3.05, 3.63) is 22.4 Å². The predicted molar refractivity (Wildman–Crippen MR) is 59.6 cm³/mol. The highest BCUT2D eigenvalue weighted by atomic mass is 32.1. The summed E-state index contributed by atoms with van der Waals surface area (Å²) in [6, 6.07) is 2.00. The van der Waals surface area contributed by atoms with Gasteiger partial charge in [-0.15, -0.1) is 0 Å². The van der Waals surface area contributed by atoms with E-state index in [0.29, 0.717) is 19.6 Å². The maximum Gasteiger partial charge on any atom is 0.401 e. The second-order valence-electron chi connectivity index (χ2n) is 3.66. The van der Waals surface area contributed by atoms with E-state index in [9.17, 15) is 13.2 Å². The fourth-order valence-electron chi connectivity index (χ4n) is 1.28. The fourth-order valence-corrected chi connectivity index (χ4v) is 1.95. The van der Waals surface area contributed by atoms with Gasteiger partial charge in [0.15, 0.2) is 0 Å². The van der Waals surface area contributed by atoms with Gasteiger partial charge in [-0.3, -0.25) is 4.90 Å². The molecule has 2 nitrogen and oxygen atoms in total. The summed E-state index contributed by atoms with van der Waals surface area (Å²) in [5.41, 5.74) is 1.17. The number of halogens is 3. The lowest BCUT2D eigenvalue weighted by atomic mass is 10.3. The van der Waals surface area contributed by atoms with E-state index in [2.05, 4.69) is 5.32 Å². The van der Waals surface area contributed by atoms with E-state index in [1.54, 1.807) is 11.3 Å². The molecule has 0 bridgehead atoms. The number of thiophene rings is 1. The number of hydrogen-bond donors (Lipinski definition) is 1. The summed E-state index contributed by atoms with van der Waals surface area (Å²) < 4.78 is 35.9. The minimum absolute atomic E-state index is 0.393. The van der Waals surface area contributed by atoms with Crippen LogP contribution in [0.5, 0.6) is 0 Å². The van der Waals surface area contributed by atoms with Crippen molar-refractivity contribution in [2.45, 2.75) is 12.7 Å². The maximum atomic E-state index is 12.0. The maximum absolute atomic E-state index is 12.0. The molecule has 0 aliphatic rings. The quantitative estimate of drug-likeness (QED) is 0.782. The van der Waals surface area contributed by atoms with Crippen molar-refractivity contribution >= 4 is 11.3 Å². The van der Waals surface area contributed by atoms with Gasteiger partial charge in [-0.25, -0.2) is 0 Å². The molecule has 0 unspecified atom stereocenters. The summed E-state index contributed by atoms with van der Waals surface area (Å²) in [5, 5.41) is 7.10. The molecular formula is C10H15F3N2S. The van der Waals surface area contributed by atoms with Gasteiger partial charge < -0.3 is 5.32 Å². The molecule has 0 fully saturated rings. The van der Waals surface area contributed by atoms with E-state index in [4.69, 9.17) is 0 Å². The van der Waals surface area contributed by atoms with E-state index in [-0.39, 0.29) is 0 Å². The minimum atomic E-state index is -4.11. The molecule has 1 N–H and O–H groups in total. The number of hydrogen-bond acceptors (Lipinski definition) is 3. The van der Waals surface area contributed by atoms with E-state index in [1.165, 1.54) is 17.5 Å². The van der Waals surface area contributed by atoms with Crippen molar-refractivity contribution in [2.75, 3.05) is 26.7 Å². The average Bonchev–Trinajstić information content (AvgIpc) is 2.62. The van der Waals surface area contributed by atoms with Gasteiger partial charge in [0.2, 0.25) is 0 Å². The van der Waals surface area contributed by atoms with Crippen LogP contribution in [0.1, 0.15) is 5.56 Å². The lowest BCUT2D eigenvalue weighted by Gasteiger charge is -2.18. The van der Waals surface area contributed by atoms with Crippen LogP contribution in [0.4, 0.5) is 13.2 Å². The first-order valence-corrected chi connectivity index (χ1v) is 5.89. The molecule has 1 rings (SSSR count). The van der Waals surface area contributed by atoms with Crippen LogP contribution in [0.25, 0.3) is 0 Å². The van der Waals surface area contributed by atoms with Gasteiger partial charge in [0, 0.05) is 19.6 Å². The Morgan fingerprint density at radius 2 is 2.19 bits per heavy atom. The Kier molecular flexibility index (Phi) is 5.24. The van der Waals surface area contributed by atoms with Gasteiger partial charge in [-0.05, 0) is 29.4 Å².